The molecule has 0 bridgehead atoms. The zero-order valence-electron chi connectivity index (χ0n) is 8.05. The van der Waals surface area contributed by atoms with E-state index in [0.29, 0.717) is 6.54 Å². The second-order valence-electron chi connectivity index (χ2n) is 3.06. The highest BCUT2D eigenvalue weighted by atomic mass is 16.5. The first-order valence-corrected chi connectivity index (χ1v) is 4.64. The van der Waals surface area contributed by atoms with Crippen LogP contribution in [0.15, 0.2) is 24.3 Å². The zero-order chi connectivity index (χ0) is 9.52. The Morgan fingerprint density at radius 2 is 1.85 bits per heavy atom. The van der Waals surface area contributed by atoms with Crippen LogP contribution in [0.4, 0.5) is 0 Å². The number of nitrogens with one attached hydrogen (secondary N) is 1. The SMILES string of the molecule is COc1ccc(CCCC[NH])cc1. The van der Waals surface area contributed by atoms with E-state index in [1.807, 2.05) is 12.1 Å². The molecule has 0 aliphatic rings. The summed E-state index contributed by atoms with van der Waals surface area (Å²) in [4.78, 5) is 0. The van der Waals surface area contributed by atoms with Crippen LogP contribution in [-0.2, 0) is 6.42 Å². The fraction of sp³-hybridized carbons (Fsp3) is 0.455. The minimum absolute atomic E-state index is 0.538. The summed E-state index contributed by atoms with van der Waals surface area (Å²) in [5.74, 6) is 0.907. The number of aryl methyl sites for hydroxylation is 1. The molecule has 0 spiro atoms. The van der Waals surface area contributed by atoms with E-state index in [2.05, 4.69) is 12.1 Å². The monoisotopic (exact) mass is 178 g/mol. The van der Waals surface area contributed by atoms with Crippen molar-refractivity contribution in [3.8, 4) is 5.75 Å². The van der Waals surface area contributed by atoms with Gasteiger partial charge < -0.3 is 4.74 Å². The molecule has 0 aromatic heterocycles. The molecule has 0 aliphatic carbocycles. The lowest BCUT2D eigenvalue weighted by atomic mass is 10.1. The minimum Gasteiger partial charge on any atom is -0.497 e. The fourth-order valence-electron chi connectivity index (χ4n) is 1.25. The lowest BCUT2D eigenvalue weighted by Gasteiger charge is -2.02. The van der Waals surface area contributed by atoms with Gasteiger partial charge in [-0.15, -0.1) is 0 Å². The number of hydrogen-bond donors (Lipinski definition) is 0. The maximum Gasteiger partial charge on any atom is 0.118 e. The number of rotatable bonds is 5. The topological polar surface area (TPSA) is 33.0 Å². The van der Waals surface area contributed by atoms with Gasteiger partial charge in [0.1, 0.15) is 5.75 Å². The molecule has 13 heavy (non-hydrogen) atoms. The maximum atomic E-state index is 7.01. The van der Waals surface area contributed by atoms with Crippen molar-refractivity contribution in [1.82, 2.24) is 5.73 Å². The van der Waals surface area contributed by atoms with E-state index >= 15 is 0 Å². The van der Waals surface area contributed by atoms with Crippen molar-refractivity contribution < 1.29 is 4.74 Å². The van der Waals surface area contributed by atoms with Crippen molar-refractivity contribution in [2.45, 2.75) is 19.3 Å². The first kappa shape index (κ1) is 10.1. The molecule has 71 valence electrons. The van der Waals surface area contributed by atoms with Gasteiger partial charge in [-0.1, -0.05) is 12.1 Å². The largest absolute Gasteiger partial charge is 0.497 e. The summed E-state index contributed by atoms with van der Waals surface area (Å²) >= 11 is 0. The van der Waals surface area contributed by atoms with Crippen molar-refractivity contribution in [2.24, 2.45) is 0 Å². The summed E-state index contributed by atoms with van der Waals surface area (Å²) in [5.41, 5.74) is 8.34. The minimum atomic E-state index is 0.538. The van der Waals surface area contributed by atoms with Gasteiger partial charge in [-0.3, -0.25) is 5.73 Å². The third kappa shape index (κ3) is 3.47. The van der Waals surface area contributed by atoms with E-state index in [9.17, 15) is 0 Å². The van der Waals surface area contributed by atoms with E-state index in [1.165, 1.54) is 5.56 Å². The Kier molecular flexibility index (Phi) is 4.33. The lowest BCUT2D eigenvalue weighted by Crippen LogP contribution is -1.90. The second kappa shape index (κ2) is 5.60. The van der Waals surface area contributed by atoms with Crippen LogP contribution in [0.3, 0.4) is 0 Å². The Morgan fingerprint density at radius 1 is 1.15 bits per heavy atom. The van der Waals surface area contributed by atoms with E-state index < -0.39 is 0 Å². The van der Waals surface area contributed by atoms with E-state index in [1.54, 1.807) is 7.11 Å². The number of hydrogen-bond acceptors (Lipinski definition) is 1. The molecule has 2 heteroatoms. The summed E-state index contributed by atoms with van der Waals surface area (Å²) in [7, 11) is 1.68. The number of unbranched alkanes of at least 4 members (excludes halogenated alkanes) is 1. The predicted octanol–water partition coefficient (Wildman–Crippen LogP) is 2.30. The molecule has 0 unspecified atom stereocenters. The highest BCUT2D eigenvalue weighted by molar-refractivity contribution is 5.27. The number of ether oxygens (including phenoxy) is 1. The average Bonchev–Trinajstić information content (AvgIpc) is 2.19. The predicted molar refractivity (Wildman–Crippen MR) is 53.9 cm³/mol. The fourth-order valence-corrected chi connectivity index (χ4v) is 1.25. The van der Waals surface area contributed by atoms with Gasteiger partial charge in [-0.05, 0) is 37.0 Å². The third-order valence-corrected chi connectivity index (χ3v) is 2.05. The van der Waals surface area contributed by atoms with E-state index in [4.69, 9.17) is 10.5 Å². The molecule has 0 aliphatic heterocycles. The maximum absolute atomic E-state index is 7.01. The Bertz CT molecular complexity index is 230. The molecule has 0 heterocycles. The first-order chi connectivity index (χ1) is 6.36. The molecule has 0 saturated heterocycles. The normalized spacial score (nSPS) is 10.0. The van der Waals surface area contributed by atoms with Crippen LogP contribution in [0.5, 0.6) is 5.75 Å². The third-order valence-electron chi connectivity index (χ3n) is 2.05. The highest BCUT2D eigenvalue weighted by Gasteiger charge is 1.93. The van der Waals surface area contributed by atoms with Gasteiger partial charge in [-0.25, -0.2) is 0 Å². The average molecular weight is 178 g/mol. The summed E-state index contributed by atoms with van der Waals surface area (Å²) in [6.45, 7) is 0.538. The molecule has 1 rings (SSSR count). The van der Waals surface area contributed by atoms with Crippen LogP contribution in [0, 0.1) is 0 Å². The van der Waals surface area contributed by atoms with Gasteiger partial charge in [-0.2, -0.15) is 0 Å². The van der Waals surface area contributed by atoms with E-state index in [0.717, 1.165) is 25.0 Å². The van der Waals surface area contributed by atoms with Gasteiger partial charge in [0.25, 0.3) is 0 Å². The molecule has 1 aromatic carbocycles. The van der Waals surface area contributed by atoms with E-state index in [-0.39, 0.29) is 0 Å². The summed E-state index contributed by atoms with van der Waals surface area (Å²) in [5, 5.41) is 0. The quantitative estimate of drug-likeness (QED) is 0.637. The summed E-state index contributed by atoms with van der Waals surface area (Å²) < 4.78 is 5.06. The van der Waals surface area contributed by atoms with Crippen LogP contribution in [-0.4, -0.2) is 13.7 Å². The van der Waals surface area contributed by atoms with Gasteiger partial charge in [0, 0.05) is 6.54 Å². The van der Waals surface area contributed by atoms with Crippen LogP contribution in [0.1, 0.15) is 18.4 Å². The van der Waals surface area contributed by atoms with Crippen LogP contribution in [0.2, 0.25) is 0 Å². The molecule has 0 saturated carbocycles. The molecule has 0 amide bonds. The number of methoxy groups -OCH3 is 1. The summed E-state index contributed by atoms with van der Waals surface area (Å²) in [6.07, 6.45) is 3.17. The van der Waals surface area contributed by atoms with Crippen LogP contribution < -0.4 is 10.5 Å². The second-order valence-corrected chi connectivity index (χ2v) is 3.06. The van der Waals surface area contributed by atoms with Crippen LogP contribution >= 0.6 is 0 Å². The molecular weight excluding hydrogens is 162 g/mol. The van der Waals surface area contributed by atoms with Gasteiger partial charge in [0.15, 0.2) is 0 Å². The molecule has 0 fully saturated rings. The molecule has 1 radical (unpaired) electrons. The molecule has 2 nitrogen and oxygen atoms in total. The van der Waals surface area contributed by atoms with Gasteiger partial charge in [0.05, 0.1) is 7.11 Å². The highest BCUT2D eigenvalue weighted by Crippen LogP contribution is 2.12. The van der Waals surface area contributed by atoms with Crippen LogP contribution in [0.25, 0.3) is 0 Å². The van der Waals surface area contributed by atoms with Crippen molar-refractivity contribution in [2.75, 3.05) is 13.7 Å². The molecule has 1 aromatic rings. The van der Waals surface area contributed by atoms with Gasteiger partial charge >= 0.3 is 0 Å². The van der Waals surface area contributed by atoms with Crippen molar-refractivity contribution in [1.29, 1.82) is 0 Å². The standard InChI is InChI=1S/C11H16NO/c1-13-11-7-5-10(6-8-11)4-2-3-9-12/h5-8,12H,2-4,9H2,1H3. The Labute approximate surface area is 79.7 Å². The van der Waals surface area contributed by atoms with Crippen molar-refractivity contribution in [3.05, 3.63) is 29.8 Å². The Balaban J connectivity index is 2.40. The van der Waals surface area contributed by atoms with Crippen molar-refractivity contribution in [3.63, 3.8) is 0 Å². The first-order valence-electron chi connectivity index (χ1n) is 4.64. The smallest absolute Gasteiger partial charge is 0.118 e. The molecular formula is C11H16NO. The summed E-state index contributed by atoms with van der Waals surface area (Å²) in [6, 6.07) is 8.14. The molecule has 0 atom stereocenters. The van der Waals surface area contributed by atoms with Gasteiger partial charge in [0.2, 0.25) is 0 Å². The Morgan fingerprint density at radius 3 is 2.38 bits per heavy atom. The zero-order valence-corrected chi connectivity index (χ0v) is 8.05. The van der Waals surface area contributed by atoms with Crippen molar-refractivity contribution >= 4 is 0 Å². The lowest BCUT2D eigenvalue weighted by molar-refractivity contribution is 0.414. The molecule has 1 N–H and O–H groups in total. The number of benzene rings is 1. The Hall–Kier alpha value is -1.02.